The quantitative estimate of drug-likeness (QED) is 0.629. The zero-order valence-electron chi connectivity index (χ0n) is 13.4. The first kappa shape index (κ1) is 17.0. The second-order valence-corrected chi connectivity index (χ2v) is 6.15. The molecule has 0 atom stereocenters. The molecule has 0 aliphatic heterocycles. The number of nitrogens with one attached hydrogen (secondary N) is 1. The molecular weight excluding hydrogens is 312 g/mol. The Kier molecular flexibility index (Phi) is 5.70. The van der Waals surface area contributed by atoms with Crippen molar-refractivity contribution in [2.75, 3.05) is 5.73 Å². The summed E-state index contributed by atoms with van der Waals surface area (Å²) in [5, 5.41) is 4.35. The van der Waals surface area contributed by atoms with E-state index in [1.807, 2.05) is 45.0 Å². The number of aromatic nitrogens is 1. The molecule has 23 heavy (non-hydrogen) atoms. The monoisotopic (exact) mass is 332 g/mol. The summed E-state index contributed by atoms with van der Waals surface area (Å²) in [5.41, 5.74) is 9.69. The minimum absolute atomic E-state index is 0.133. The highest BCUT2D eigenvalue weighted by atomic mass is 32.1. The number of benzene rings is 1. The lowest BCUT2D eigenvalue weighted by atomic mass is 10.2. The van der Waals surface area contributed by atoms with E-state index >= 15 is 0 Å². The van der Waals surface area contributed by atoms with E-state index < -0.39 is 0 Å². The van der Waals surface area contributed by atoms with Crippen molar-refractivity contribution in [3.63, 3.8) is 0 Å². The van der Waals surface area contributed by atoms with Crippen LogP contribution in [0.25, 0.3) is 0 Å². The fourth-order valence-corrected chi connectivity index (χ4v) is 2.72. The number of amides is 1. The molecule has 2 rings (SSSR count). The van der Waals surface area contributed by atoms with Gasteiger partial charge in [0.25, 0.3) is 5.91 Å². The molecule has 0 aliphatic rings. The molecule has 0 saturated heterocycles. The van der Waals surface area contributed by atoms with Gasteiger partial charge in [-0.15, -0.1) is 0 Å². The third kappa shape index (κ3) is 4.79. The van der Waals surface area contributed by atoms with Gasteiger partial charge in [0, 0.05) is 0 Å². The molecule has 0 spiro atoms. The van der Waals surface area contributed by atoms with E-state index in [0.717, 1.165) is 11.3 Å². The van der Waals surface area contributed by atoms with E-state index in [-0.39, 0.29) is 12.0 Å². The molecule has 0 fully saturated rings. The van der Waals surface area contributed by atoms with Crippen LogP contribution in [0.3, 0.4) is 0 Å². The number of thiazole rings is 1. The highest BCUT2D eigenvalue weighted by molar-refractivity contribution is 7.17. The van der Waals surface area contributed by atoms with Crippen LogP contribution >= 0.6 is 11.3 Å². The molecule has 0 bridgehead atoms. The fraction of sp³-hybridized carbons (Fsp3) is 0.312. The van der Waals surface area contributed by atoms with E-state index in [9.17, 15) is 4.79 Å². The van der Waals surface area contributed by atoms with Gasteiger partial charge in [-0.25, -0.2) is 10.4 Å². The predicted octanol–water partition coefficient (Wildman–Crippen LogP) is 2.84. The maximum absolute atomic E-state index is 12.1. The Labute approximate surface area is 139 Å². The third-order valence-corrected chi connectivity index (χ3v) is 3.81. The van der Waals surface area contributed by atoms with E-state index in [1.54, 1.807) is 6.21 Å². The van der Waals surface area contributed by atoms with Gasteiger partial charge in [0.1, 0.15) is 10.6 Å². The lowest BCUT2D eigenvalue weighted by molar-refractivity contribution is 0.0958. The minimum atomic E-state index is -0.299. The summed E-state index contributed by atoms with van der Waals surface area (Å²) in [7, 11) is 0. The summed E-state index contributed by atoms with van der Waals surface area (Å²) < 4.78 is 5.57. The summed E-state index contributed by atoms with van der Waals surface area (Å²) in [5.74, 6) is 0.501. The summed E-state index contributed by atoms with van der Waals surface area (Å²) in [6.45, 7) is 5.87. The van der Waals surface area contributed by atoms with E-state index in [0.29, 0.717) is 22.1 Å². The largest absolute Gasteiger partial charge is 0.491 e. The van der Waals surface area contributed by atoms with E-state index in [2.05, 4.69) is 15.5 Å². The number of hydrogen-bond donors (Lipinski definition) is 2. The lowest BCUT2D eigenvalue weighted by Crippen LogP contribution is -2.17. The van der Waals surface area contributed by atoms with Gasteiger partial charge in [0.2, 0.25) is 0 Å². The van der Waals surface area contributed by atoms with Crippen LogP contribution in [-0.2, 0) is 6.42 Å². The smallest absolute Gasteiger partial charge is 0.283 e. The van der Waals surface area contributed by atoms with Crippen molar-refractivity contribution >= 4 is 28.6 Å². The highest BCUT2D eigenvalue weighted by Crippen LogP contribution is 2.20. The number of nitrogens with zero attached hydrogens (tertiary/aromatic N) is 2. The van der Waals surface area contributed by atoms with Crippen molar-refractivity contribution in [3.05, 3.63) is 40.4 Å². The normalized spacial score (nSPS) is 11.1. The van der Waals surface area contributed by atoms with Crippen molar-refractivity contribution in [1.82, 2.24) is 10.4 Å². The van der Waals surface area contributed by atoms with Crippen LogP contribution in [0.5, 0.6) is 5.75 Å². The van der Waals surface area contributed by atoms with Gasteiger partial charge in [-0.3, -0.25) is 4.79 Å². The number of hydrogen-bond acceptors (Lipinski definition) is 6. The number of carbonyl (C=O) groups is 1. The number of carbonyl (C=O) groups excluding carboxylic acids is 1. The van der Waals surface area contributed by atoms with Gasteiger partial charge in [-0.1, -0.05) is 18.3 Å². The summed E-state index contributed by atoms with van der Waals surface area (Å²) >= 11 is 1.17. The first-order chi connectivity index (χ1) is 11.0. The number of ether oxygens (including phenoxy) is 1. The van der Waals surface area contributed by atoms with Gasteiger partial charge >= 0.3 is 0 Å². The number of rotatable bonds is 6. The molecular formula is C16H20N4O2S. The summed E-state index contributed by atoms with van der Waals surface area (Å²) in [6, 6.07) is 7.47. The summed E-state index contributed by atoms with van der Waals surface area (Å²) in [4.78, 5) is 16.7. The Bertz CT molecular complexity index is 693. The Balaban J connectivity index is 1.96. The van der Waals surface area contributed by atoms with E-state index in [4.69, 9.17) is 10.5 Å². The number of nitrogens with two attached hydrogens (primary N) is 1. The minimum Gasteiger partial charge on any atom is -0.491 e. The average Bonchev–Trinajstić information content (AvgIpc) is 2.89. The van der Waals surface area contributed by atoms with Crippen LogP contribution in [-0.4, -0.2) is 23.2 Å². The Morgan fingerprint density at radius 2 is 2.13 bits per heavy atom. The molecule has 3 N–H and O–H groups in total. The number of nitrogen functional groups attached to an aromatic ring is 1. The molecule has 0 unspecified atom stereocenters. The molecule has 0 aliphatic carbocycles. The standard InChI is InChI=1S/C16H20N4O2S/c1-4-13-14(23-16(17)19-13)15(21)20-18-9-11-5-7-12(8-6-11)22-10(2)3/h5-10H,4H2,1-3H3,(H2,17,19)(H,20,21)/b18-9-. The van der Waals surface area contributed by atoms with Crippen molar-refractivity contribution in [2.45, 2.75) is 33.3 Å². The van der Waals surface area contributed by atoms with Crippen molar-refractivity contribution in [1.29, 1.82) is 0 Å². The van der Waals surface area contributed by atoms with Crippen LogP contribution < -0.4 is 15.9 Å². The van der Waals surface area contributed by atoms with Gasteiger partial charge < -0.3 is 10.5 Å². The van der Waals surface area contributed by atoms with Gasteiger partial charge in [0.15, 0.2) is 5.13 Å². The Morgan fingerprint density at radius 1 is 1.43 bits per heavy atom. The molecule has 7 heteroatoms. The van der Waals surface area contributed by atoms with Crippen LogP contribution in [0.2, 0.25) is 0 Å². The molecule has 1 aromatic heterocycles. The number of aryl methyl sites for hydroxylation is 1. The van der Waals surface area contributed by atoms with Crippen molar-refractivity contribution in [2.24, 2.45) is 5.10 Å². The molecule has 0 radical (unpaired) electrons. The molecule has 1 amide bonds. The molecule has 1 aromatic carbocycles. The van der Waals surface area contributed by atoms with Crippen molar-refractivity contribution < 1.29 is 9.53 Å². The zero-order valence-corrected chi connectivity index (χ0v) is 14.2. The molecule has 1 heterocycles. The predicted molar refractivity (Wildman–Crippen MR) is 93.2 cm³/mol. The summed E-state index contributed by atoms with van der Waals surface area (Å²) in [6.07, 6.45) is 2.36. The molecule has 2 aromatic rings. The van der Waals surface area contributed by atoms with Crippen LogP contribution in [0.1, 0.15) is 41.7 Å². The van der Waals surface area contributed by atoms with Crippen LogP contribution in [0.15, 0.2) is 29.4 Å². The maximum Gasteiger partial charge on any atom is 0.283 e. The highest BCUT2D eigenvalue weighted by Gasteiger charge is 2.15. The molecule has 6 nitrogen and oxygen atoms in total. The Morgan fingerprint density at radius 3 is 2.74 bits per heavy atom. The van der Waals surface area contributed by atoms with Gasteiger partial charge in [0.05, 0.1) is 18.0 Å². The first-order valence-corrected chi connectivity index (χ1v) is 8.16. The average molecular weight is 332 g/mol. The number of hydrazone groups is 1. The van der Waals surface area contributed by atoms with E-state index in [1.165, 1.54) is 11.3 Å². The second-order valence-electron chi connectivity index (χ2n) is 5.12. The Hall–Kier alpha value is -2.41. The fourth-order valence-electron chi connectivity index (χ4n) is 1.91. The van der Waals surface area contributed by atoms with Gasteiger partial charge in [-0.2, -0.15) is 5.10 Å². The van der Waals surface area contributed by atoms with Crippen LogP contribution in [0.4, 0.5) is 5.13 Å². The first-order valence-electron chi connectivity index (χ1n) is 7.35. The number of anilines is 1. The second kappa shape index (κ2) is 7.73. The molecule has 122 valence electrons. The third-order valence-electron chi connectivity index (χ3n) is 2.89. The SMILES string of the molecule is CCc1nc(N)sc1C(=O)N/N=C\c1ccc(OC(C)C)cc1. The van der Waals surface area contributed by atoms with Gasteiger partial charge in [-0.05, 0) is 50.1 Å². The van der Waals surface area contributed by atoms with Crippen molar-refractivity contribution in [3.8, 4) is 5.75 Å². The lowest BCUT2D eigenvalue weighted by Gasteiger charge is -2.09. The van der Waals surface area contributed by atoms with Crippen LogP contribution in [0, 0.1) is 0 Å². The zero-order chi connectivity index (χ0) is 16.8. The maximum atomic E-state index is 12.1. The topological polar surface area (TPSA) is 89.6 Å². The molecule has 0 saturated carbocycles.